The van der Waals surface area contributed by atoms with Gasteiger partial charge in [0.05, 0.1) is 5.41 Å². The van der Waals surface area contributed by atoms with Crippen molar-refractivity contribution in [3.8, 4) is 0 Å². The maximum atomic E-state index is 5.71. The molecule has 23 heavy (non-hydrogen) atoms. The van der Waals surface area contributed by atoms with Crippen molar-refractivity contribution in [1.82, 2.24) is 0 Å². The highest BCUT2D eigenvalue weighted by molar-refractivity contribution is 5.26. The van der Waals surface area contributed by atoms with Gasteiger partial charge in [0.25, 0.3) is 5.97 Å². The third-order valence-electron chi connectivity index (χ3n) is 4.92. The van der Waals surface area contributed by atoms with Crippen LogP contribution in [0.15, 0.2) is 30.3 Å². The van der Waals surface area contributed by atoms with Crippen LogP contribution < -0.4 is 0 Å². The van der Waals surface area contributed by atoms with Crippen LogP contribution in [0.5, 0.6) is 0 Å². The van der Waals surface area contributed by atoms with Gasteiger partial charge < -0.3 is 14.2 Å². The summed E-state index contributed by atoms with van der Waals surface area (Å²) in [6.45, 7) is 4.42. The number of rotatable bonds is 12. The molecule has 0 saturated carbocycles. The summed E-state index contributed by atoms with van der Waals surface area (Å²) >= 11 is 0. The third-order valence-corrected chi connectivity index (χ3v) is 4.92. The Hall–Kier alpha value is -0.900. The first-order valence-electron chi connectivity index (χ1n) is 8.81. The fourth-order valence-corrected chi connectivity index (χ4v) is 3.46. The Balaban J connectivity index is 2.89. The van der Waals surface area contributed by atoms with E-state index in [1.165, 1.54) is 37.7 Å². The predicted molar refractivity (Wildman–Crippen MR) is 95.5 cm³/mol. The van der Waals surface area contributed by atoms with Crippen molar-refractivity contribution in [2.24, 2.45) is 0 Å². The lowest BCUT2D eigenvalue weighted by Gasteiger charge is -2.45. The second-order valence-corrected chi connectivity index (χ2v) is 6.38. The fraction of sp³-hybridized carbons (Fsp3) is 0.700. The van der Waals surface area contributed by atoms with Crippen molar-refractivity contribution in [1.29, 1.82) is 0 Å². The summed E-state index contributed by atoms with van der Waals surface area (Å²) in [7, 11) is 4.94. The van der Waals surface area contributed by atoms with Gasteiger partial charge in [-0.3, -0.25) is 0 Å². The quantitative estimate of drug-likeness (QED) is 0.387. The number of ether oxygens (including phenoxy) is 3. The summed E-state index contributed by atoms with van der Waals surface area (Å²) in [4.78, 5) is 0. The molecule has 1 rings (SSSR count). The molecule has 1 aromatic carbocycles. The lowest BCUT2D eigenvalue weighted by Crippen LogP contribution is -2.54. The van der Waals surface area contributed by atoms with E-state index in [1.54, 1.807) is 21.3 Å². The van der Waals surface area contributed by atoms with Crippen molar-refractivity contribution in [2.45, 2.75) is 70.2 Å². The van der Waals surface area contributed by atoms with Gasteiger partial charge in [-0.25, -0.2) is 0 Å². The van der Waals surface area contributed by atoms with Crippen LogP contribution in [0.1, 0.15) is 64.4 Å². The maximum Gasteiger partial charge on any atom is 0.292 e. The molecule has 0 bridgehead atoms. The molecule has 132 valence electrons. The minimum Gasteiger partial charge on any atom is -0.330 e. The molecule has 0 aliphatic heterocycles. The van der Waals surface area contributed by atoms with Crippen LogP contribution in [-0.2, 0) is 19.6 Å². The Morgan fingerprint density at radius 2 is 1.30 bits per heavy atom. The van der Waals surface area contributed by atoms with E-state index in [0.29, 0.717) is 0 Å². The molecule has 0 fully saturated rings. The molecule has 0 radical (unpaired) electrons. The van der Waals surface area contributed by atoms with E-state index in [4.69, 9.17) is 14.2 Å². The highest BCUT2D eigenvalue weighted by atomic mass is 16.9. The zero-order valence-corrected chi connectivity index (χ0v) is 15.6. The second kappa shape index (κ2) is 10.1. The minimum atomic E-state index is -1.07. The summed E-state index contributed by atoms with van der Waals surface area (Å²) in [5, 5.41) is 0. The Morgan fingerprint density at radius 3 is 1.83 bits per heavy atom. The molecule has 1 aromatic rings. The first-order chi connectivity index (χ1) is 11.1. The van der Waals surface area contributed by atoms with E-state index in [2.05, 4.69) is 38.1 Å². The molecule has 0 aliphatic rings. The number of methoxy groups -OCH3 is 3. The molecule has 3 nitrogen and oxygen atoms in total. The summed E-state index contributed by atoms with van der Waals surface area (Å²) in [5.74, 6) is -1.07. The Morgan fingerprint density at radius 1 is 0.783 bits per heavy atom. The van der Waals surface area contributed by atoms with Gasteiger partial charge in [-0.05, 0) is 18.9 Å². The Bertz CT molecular complexity index is 406. The molecule has 0 aromatic heterocycles. The van der Waals surface area contributed by atoms with Gasteiger partial charge in [0, 0.05) is 21.3 Å². The molecule has 0 N–H and O–H groups in total. The third kappa shape index (κ3) is 4.79. The van der Waals surface area contributed by atoms with E-state index in [9.17, 15) is 0 Å². The molecule has 1 unspecified atom stereocenters. The average molecular weight is 322 g/mol. The molecular weight excluding hydrogens is 288 g/mol. The van der Waals surface area contributed by atoms with Crippen molar-refractivity contribution in [2.75, 3.05) is 21.3 Å². The molecule has 0 heterocycles. The zero-order valence-electron chi connectivity index (χ0n) is 15.6. The van der Waals surface area contributed by atoms with Gasteiger partial charge in [0.2, 0.25) is 0 Å². The van der Waals surface area contributed by atoms with Crippen LogP contribution in [0.3, 0.4) is 0 Å². The summed E-state index contributed by atoms with van der Waals surface area (Å²) in [6, 6.07) is 10.4. The van der Waals surface area contributed by atoms with Crippen molar-refractivity contribution >= 4 is 0 Å². The molecule has 0 spiro atoms. The highest BCUT2D eigenvalue weighted by Gasteiger charge is 2.51. The average Bonchev–Trinajstić information content (AvgIpc) is 2.60. The first kappa shape index (κ1) is 20.1. The first-order valence-corrected chi connectivity index (χ1v) is 8.81. The van der Waals surface area contributed by atoms with Gasteiger partial charge in [0.1, 0.15) is 0 Å². The smallest absolute Gasteiger partial charge is 0.292 e. The highest BCUT2D eigenvalue weighted by Crippen LogP contribution is 2.43. The van der Waals surface area contributed by atoms with Gasteiger partial charge in [-0.1, -0.05) is 75.8 Å². The molecule has 0 amide bonds. The minimum absolute atomic E-state index is 0.364. The lowest BCUT2D eigenvalue weighted by atomic mass is 9.75. The molecular formula is C20H34O3. The second-order valence-electron chi connectivity index (χ2n) is 6.38. The van der Waals surface area contributed by atoms with E-state index < -0.39 is 5.97 Å². The van der Waals surface area contributed by atoms with Crippen molar-refractivity contribution in [3.05, 3.63) is 35.9 Å². The van der Waals surface area contributed by atoms with Crippen LogP contribution in [0, 0.1) is 0 Å². The number of hydrogen-bond acceptors (Lipinski definition) is 3. The van der Waals surface area contributed by atoms with Crippen LogP contribution in [0.4, 0.5) is 0 Å². The van der Waals surface area contributed by atoms with Crippen molar-refractivity contribution < 1.29 is 14.2 Å². The summed E-state index contributed by atoms with van der Waals surface area (Å²) in [6.07, 6.45) is 8.54. The van der Waals surface area contributed by atoms with Crippen LogP contribution in [0.2, 0.25) is 0 Å². The normalized spacial score (nSPS) is 14.7. The molecule has 3 heteroatoms. The van der Waals surface area contributed by atoms with Gasteiger partial charge in [-0.2, -0.15) is 0 Å². The molecule has 0 saturated heterocycles. The summed E-state index contributed by atoms with van der Waals surface area (Å²) < 4.78 is 17.1. The summed E-state index contributed by atoms with van der Waals surface area (Å²) in [5.41, 5.74) is 0.816. The predicted octanol–water partition coefficient (Wildman–Crippen LogP) is 5.29. The van der Waals surface area contributed by atoms with E-state index >= 15 is 0 Å². The van der Waals surface area contributed by atoms with Crippen LogP contribution in [-0.4, -0.2) is 27.3 Å². The monoisotopic (exact) mass is 322 g/mol. The van der Waals surface area contributed by atoms with Gasteiger partial charge >= 0.3 is 0 Å². The number of hydrogen-bond donors (Lipinski definition) is 0. The van der Waals surface area contributed by atoms with Crippen LogP contribution in [0.25, 0.3) is 0 Å². The fourth-order valence-electron chi connectivity index (χ4n) is 3.46. The van der Waals surface area contributed by atoms with Crippen LogP contribution >= 0.6 is 0 Å². The maximum absolute atomic E-state index is 5.71. The van der Waals surface area contributed by atoms with Gasteiger partial charge in [-0.15, -0.1) is 0 Å². The SMILES string of the molecule is CCCCCCCCC(C)(c1ccccc1)C(OC)(OC)OC. The van der Waals surface area contributed by atoms with E-state index in [1.807, 2.05) is 6.07 Å². The van der Waals surface area contributed by atoms with Gasteiger partial charge in [0.15, 0.2) is 0 Å². The number of unbranched alkanes of at least 4 members (excludes halogenated alkanes) is 5. The number of benzene rings is 1. The zero-order chi connectivity index (χ0) is 17.2. The largest absolute Gasteiger partial charge is 0.330 e. The molecule has 0 aliphatic carbocycles. The van der Waals surface area contributed by atoms with E-state index in [-0.39, 0.29) is 5.41 Å². The van der Waals surface area contributed by atoms with E-state index in [0.717, 1.165) is 12.8 Å². The standard InChI is InChI=1S/C20H34O3/c1-6-7-8-9-10-14-17-19(2,18-15-12-11-13-16-18)20(21-3,22-4)23-5/h11-13,15-16H,6-10,14,17H2,1-5H3. The lowest BCUT2D eigenvalue weighted by molar-refractivity contribution is -0.386. The topological polar surface area (TPSA) is 27.7 Å². The Labute approximate surface area is 142 Å². The molecule has 1 atom stereocenters. The van der Waals surface area contributed by atoms with Crippen molar-refractivity contribution in [3.63, 3.8) is 0 Å². The Kier molecular flexibility index (Phi) is 8.82.